The third kappa shape index (κ3) is 10.4. The minimum Gasteiger partial charge on any atom is -0.465 e. The number of rotatable bonds is 16. The number of ether oxygens (including phenoxy) is 7. The summed E-state index contributed by atoms with van der Waals surface area (Å²) >= 11 is 0. The van der Waals surface area contributed by atoms with Gasteiger partial charge in [-0.05, 0) is 50.0 Å². The standard InChI is InChI=1S/C38H53NO11S/c1-26(2)23-39(24-33(40)28(18-27-10-4-3-5-11-27)19-35(41)50-34-25-47-38-32(34)14-17-46-38)51(42,43)31-21-29(48-36-12-6-8-15-44-36)20-30(22-31)49-37-13-7-9-16-45-37/h3-5,10-11,20-22,26,28,32-34,36-38,40H,6-9,12-19,23-25H2,1-2H3/t28-,32?,33-,34?,36?,37?,38-/m1/s1. The van der Waals surface area contributed by atoms with Crippen LogP contribution in [0.3, 0.4) is 0 Å². The summed E-state index contributed by atoms with van der Waals surface area (Å²) in [7, 11) is -4.20. The largest absolute Gasteiger partial charge is 0.465 e. The van der Waals surface area contributed by atoms with Crippen molar-refractivity contribution < 1.29 is 51.5 Å². The number of carbonyl (C=O) groups excluding carboxylic acids is 1. The van der Waals surface area contributed by atoms with Gasteiger partial charge in [-0.1, -0.05) is 44.2 Å². The van der Waals surface area contributed by atoms with Crippen molar-refractivity contribution in [1.29, 1.82) is 0 Å². The van der Waals surface area contributed by atoms with Gasteiger partial charge in [-0.3, -0.25) is 4.79 Å². The molecule has 0 saturated carbocycles. The Morgan fingerprint density at radius 3 is 2.14 bits per heavy atom. The van der Waals surface area contributed by atoms with Crippen molar-refractivity contribution >= 4 is 16.0 Å². The van der Waals surface area contributed by atoms with E-state index < -0.39 is 46.7 Å². The number of benzene rings is 2. The summed E-state index contributed by atoms with van der Waals surface area (Å²) in [6, 6.07) is 14.2. The quantitative estimate of drug-likeness (QED) is 0.232. The Kier molecular flexibility index (Phi) is 13.3. The molecule has 4 saturated heterocycles. The number of fused-ring (bicyclic) bond motifs is 1. The van der Waals surface area contributed by atoms with Crippen molar-refractivity contribution in [1.82, 2.24) is 4.31 Å². The molecule has 282 valence electrons. The molecule has 0 amide bonds. The van der Waals surface area contributed by atoms with Gasteiger partial charge in [0.1, 0.15) is 17.6 Å². The molecule has 7 atom stereocenters. The summed E-state index contributed by atoms with van der Waals surface area (Å²) in [5, 5.41) is 11.8. The first-order chi connectivity index (χ1) is 24.6. The highest BCUT2D eigenvalue weighted by molar-refractivity contribution is 7.89. The van der Waals surface area contributed by atoms with E-state index in [9.17, 15) is 18.3 Å². The fourth-order valence-electron chi connectivity index (χ4n) is 7.17. The third-order valence-electron chi connectivity index (χ3n) is 9.84. The predicted octanol–water partition coefficient (Wildman–Crippen LogP) is 5.06. The van der Waals surface area contributed by atoms with Crippen LogP contribution in [0.1, 0.15) is 70.8 Å². The normalized spacial score (nSPS) is 26.5. The van der Waals surface area contributed by atoms with E-state index >= 15 is 0 Å². The van der Waals surface area contributed by atoms with Crippen molar-refractivity contribution in [2.75, 3.05) is 39.5 Å². The molecule has 4 fully saturated rings. The van der Waals surface area contributed by atoms with Gasteiger partial charge in [-0.15, -0.1) is 0 Å². The summed E-state index contributed by atoms with van der Waals surface area (Å²) in [6.45, 7) is 5.73. The summed E-state index contributed by atoms with van der Waals surface area (Å²) in [5.74, 6) is -0.529. The van der Waals surface area contributed by atoms with E-state index in [0.717, 1.165) is 37.7 Å². The van der Waals surface area contributed by atoms with Gasteiger partial charge < -0.3 is 38.3 Å². The molecule has 13 heteroatoms. The van der Waals surface area contributed by atoms with Crippen LogP contribution < -0.4 is 9.47 Å². The Morgan fingerprint density at radius 2 is 1.53 bits per heavy atom. The van der Waals surface area contributed by atoms with Crippen LogP contribution >= 0.6 is 0 Å². The molecular weight excluding hydrogens is 678 g/mol. The molecule has 0 spiro atoms. The Hall–Kier alpha value is -2.78. The zero-order chi connectivity index (χ0) is 35.8. The molecule has 2 aromatic rings. The van der Waals surface area contributed by atoms with Crippen molar-refractivity contribution in [2.45, 2.75) is 108 Å². The molecule has 51 heavy (non-hydrogen) atoms. The lowest BCUT2D eigenvalue weighted by molar-refractivity contribution is -0.153. The number of hydrogen-bond donors (Lipinski definition) is 1. The predicted molar refractivity (Wildman–Crippen MR) is 186 cm³/mol. The minimum atomic E-state index is -4.20. The smallest absolute Gasteiger partial charge is 0.306 e. The van der Waals surface area contributed by atoms with E-state index in [2.05, 4.69) is 0 Å². The number of esters is 1. The first-order valence-corrected chi connectivity index (χ1v) is 19.9. The van der Waals surface area contributed by atoms with Crippen LogP contribution in [0.2, 0.25) is 0 Å². The van der Waals surface area contributed by atoms with Gasteiger partial charge in [0.05, 0.1) is 49.8 Å². The Bertz CT molecular complexity index is 1470. The van der Waals surface area contributed by atoms with Gasteiger partial charge in [0, 0.05) is 50.0 Å². The van der Waals surface area contributed by atoms with E-state index in [0.29, 0.717) is 50.6 Å². The molecule has 4 unspecified atom stereocenters. The molecule has 12 nitrogen and oxygen atoms in total. The number of aliphatic hydroxyl groups excluding tert-OH is 1. The molecule has 6 rings (SSSR count). The second kappa shape index (κ2) is 17.8. The molecule has 4 heterocycles. The van der Waals surface area contributed by atoms with Gasteiger partial charge in [0.25, 0.3) is 0 Å². The average Bonchev–Trinajstić information content (AvgIpc) is 3.74. The van der Waals surface area contributed by atoms with Crippen LogP contribution in [0.4, 0.5) is 0 Å². The first kappa shape index (κ1) is 38.0. The molecule has 0 radical (unpaired) electrons. The van der Waals surface area contributed by atoms with E-state index in [-0.39, 0.29) is 49.1 Å². The highest BCUT2D eigenvalue weighted by Gasteiger charge is 2.44. The van der Waals surface area contributed by atoms with Crippen molar-refractivity contribution in [3.63, 3.8) is 0 Å². The lowest BCUT2D eigenvalue weighted by atomic mass is 9.90. The molecule has 0 bridgehead atoms. The van der Waals surface area contributed by atoms with Gasteiger partial charge in [0.15, 0.2) is 18.9 Å². The molecule has 4 aliphatic heterocycles. The molecular formula is C38H53NO11S. The SMILES string of the molecule is CC(C)CN(C[C@@H](O)[C@@H](CC(=O)OC1CO[C@H]2OCCC12)Cc1ccccc1)S(=O)(=O)c1cc(OC2CCCCO2)cc(OC2CCCCO2)c1. The maximum Gasteiger partial charge on any atom is 0.306 e. The zero-order valence-corrected chi connectivity index (χ0v) is 30.5. The van der Waals surface area contributed by atoms with Crippen LogP contribution in [0.25, 0.3) is 0 Å². The van der Waals surface area contributed by atoms with Crippen LogP contribution in [0.15, 0.2) is 53.4 Å². The molecule has 2 aromatic carbocycles. The summed E-state index contributed by atoms with van der Waals surface area (Å²) in [5.41, 5.74) is 0.919. The lowest BCUT2D eigenvalue weighted by Gasteiger charge is -2.31. The highest BCUT2D eigenvalue weighted by atomic mass is 32.2. The van der Waals surface area contributed by atoms with Gasteiger partial charge in [-0.25, -0.2) is 8.42 Å². The second-order valence-corrected chi connectivity index (χ2v) is 16.4. The lowest BCUT2D eigenvalue weighted by Crippen LogP contribution is -2.43. The fraction of sp³-hybridized carbons (Fsp3) is 0.658. The van der Waals surface area contributed by atoms with Crippen LogP contribution in [0.5, 0.6) is 11.5 Å². The summed E-state index contributed by atoms with van der Waals surface area (Å²) in [6.07, 6.45) is 3.24. The van der Waals surface area contributed by atoms with Crippen molar-refractivity contribution in [2.24, 2.45) is 17.8 Å². The average molecular weight is 732 g/mol. The fourth-order valence-corrected chi connectivity index (χ4v) is 8.84. The Labute approximate surface area is 301 Å². The van der Waals surface area contributed by atoms with Crippen LogP contribution in [0, 0.1) is 17.8 Å². The van der Waals surface area contributed by atoms with Crippen LogP contribution in [-0.2, 0) is 44.9 Å². The molecule has 4 aliphatic rings. The number of carbonyl (C=O) groups is 1. The van der Waals surface area contributed by atoms with Crippen LogP contribution in [-0.4, -0.2) is 94.4 Å². The zero-order valence-electron chi connectivity index (χ0n) is 29.7. The van der Waals surface area contributed by atoms with Crippen molar-refractivity contribution in [3.8, 4) is 11.5 Å². The van der Waals surface area contributed by atoms with E-state index in [4.69, 9.17) is 33.2 Å². The first-order valence-electron chi connectivity index (χ1n) is 18.5. The second-order valence-electron chi connectivity index (χ2n) is 14.5. The maximum absolute atomic E-state index is 14.6. The molecule has 0 aliphatic carbocycles. The number of aliphatic hydroxyl groups is 1. The monoisotopic (exact) mass is 731 g/mol. The third-order valence-corrected chi connectivity index (χ3v) is 11.7. The highest BCUT2D eigenvalue weighted by Crippen LogP contribution is 2.35. The topological polar surface area (TPSA) is 139 Å². The number of hydrogen-bond acceptors (Lipinski definition) is 11. The Morgan fingerprint density at radius 1 is 0.863 bits per heavy atom. The number of sulfonamides is 1. The van der Waals surface area contributed by atoms with Crippen molar-refractivity contribution in [3.05, 3.63) is 54.1 Å². The molecule has 0 aromatic heterocycles. The minimum absolute atomic E-state index is 0.0129. The Balaban J connectivity index is 1.23. The van der Waals surface area contributed by atoms with E-state index in [1.54, 1.807) is 6.07 Å². The van der Waals surface area contributed by atoms with E-state index in [1.165, 1.54) is 16.4 Å². The van der Waals surface area contributed by atoms with E-state index in [1.807, 2.05) is 44.2 Å². The summed E-state index contributed by atoms with van der Waals surface area (Å²) in [4.78, 5) is 13.3. The number of nitrogens with zero attached hydrogens (tertiary/aromatic N) is 1. The molecule has 1 N–H and O–H groups in total. The maximum atomic E-state index is 14.6. The summed E-state index contributed by atoms with van der Waals surface area (Å²) < 4.78 is 71.4. The van der Waals surface area contributed by atoms with Gasteiger partial charge >= 0.3 is 5.97 Å². The van der Waals surface area contributed by atoms with Gasteiger partial charge in [0.2, 0.25) is 10.0 Å². The van der Waals surface area contributed by atoms with Gasteiger partial charge in [-0.2, -0.15) is 4.31 Å².